The Balaban J connectivity index is 1.69. The average Bonchev–Trinajstić information content (AvgIpc) is 2.92. The third kappa shape index (κ3) is 5.65. The van der Waals surface area contributed by atoms with Crippen LogP contribution in [0.2, 0.25) is 0 Å². The highest BCUT2D eigenvalue weighted by Crippen LogP contribution is 2.25. The lowest BCUT2D eigenvalue weighted by molar-refractivity contribution is -0.123. The Hall–Kier alpha value is -4.70. The van der Waals surface area contributed by atoms with E-state index in [-0.39, 0.29) is 5.56 Å². The summed E-state index contributed by atoms with van der Waals surface area (Å²) in [5, 5.41) is 9.44. The smallest absolute Gasteiger partial charge is 0.276 e. The zero-order valence-corrected chi connectivity index (χ0v) is 21.8. The second-order valence-electron chi connectivity index (χ2n) is 9.16. The van der Waals surface area contributed by atoms with Crippen LogP contribution in [0.25, 0.3) is 16.8 Å². The van der Waals surface area contributed by atoms with Gasteiger partial charge in [-0.15, -0.1) is 0 Å². The number of nitrogens with zero attached hydrogens (tertiary/aromatic N) is 3. The fourth-order valence-electron chi connectivity index (χ4n) is 4.51. The molecule has 7 nitrogen and oxygen atoms in total. The molecule has 3 aromatic carbocycles. The lowest BCUT2D eigenvalue weighted by Gasteiger charge is -2.20. The number of nitriles is 1. The molecule has 0 fully saturated rings. The second kappa shape index (κ2) is 11.6. The number of amides is 1. The molecule has 38 heavy (non-hydrogen) atoms. The Morgan fingerprint density at radius 3 is 2.39 bits per heavy atom. The van der Waals surface area contributed by atoms with Crippen molar-refractivity contribution >= 4 is 5.91 Å². The maximum Gasteiger partial charge on any atom is 0.276 e. The van der Waals surface area contributed by atoms with E-state index in [0.717, 1.165) is 34.5 Å². The van der Waals surface area contributed by atoms with Crippen molar-refractivity contribution in [3.8, 4) is 28.6 Å². The first kappa shape index (κ1) is 26.4. The third-order valence-corrected chi connectivity index (χ3v) is 6.45. The monoisotopic (exact) mass is 506 g/mol. The molecule has 1 amide bonds. The number of nitrogens with two attached hydrogens (primary N) is 1. The van der Waals surface area contributed by atoms with Gasteiger partial charge in [0, 0.05) is 23.4 Å². The average molecular weight is 507 g/mol. The summed E-state index contributed by atoms with van der Waals surface area (Å²) in [6, 6.07) is 25.0. The molecule has 1 atom stereocenters. The van der Waals surface area contributed by atoms with Crippen molar-refractivity contribution in [3.05, 3.63) is 111 Å². The number of aromatic nitrogens is 2. The molecular weight excluding hydrogens is 476 g/mol. The van der Waals surface area contributed by atoms with Gasteiger partial charge in [0.15, 0.2) is 6.10 Å². The number of hydrogen-bond donors (Lipinski definition) is 1. The SMILES string of the molecule is CCCc1c(Cc2ccc(-c3ccccc3C#N)cc2)c(=O)nc(C)n1-c1ccc(OC(C)C(N)=O)cc1. The molecule has 0 saturated carbocycles. The van der Waals surface area contributed by atoms with Crippen molar-refractivity contribution in [1.29, 1.82) is 5.26 Å². The van der Waals surface area contributed by atoms with E-state index in [4.69, 9.17) is 10.5 Å². The van der Waals surface area contributed by atoms with E-state index < -0.39 is 12.0 Å². The summed E-state index contributed by atoms with van der Waals surface area (Å²) in [6.07, 6.45) is 1.27. The summed E-state index contributed by atoms with van der Waals surface area (Å²) in [5.41, 5.74) is 10.9. The molecule has 4 rings (SSSR count). The minimum absolute atomic E-state index is 0.226. The van der Waals surface area contributed by atoms with Crippen molar-refractivity contribution in [2.45, 2.75) is 46.1 Å². The Morgan fingerprint density at radius 1 is 1.08 bits per heavy atom. The summed E-state index contributed by atoms with van der Waals surface area (Å²) >= 11 is 0. The van der Waals surface area contributed by atoms with Gasteiger partial charge in [-0.05, 0) is 67.3 Å². The van der Waals surface area contributed by atoms with Crippen LogP contribution in [-0.2, 0) is 17.6 Å². The second-order valence-corrected chi connectivity index (χ2v) is 9.16. The van der Waals surface area contributed by atoms with Gasteiger partial charge in [-0.3, -0.25) is 9.59 Å². The highest BCUT2D eigenvalue weighted by Gasteiger charge is 2.17. The van der Waals surface area contributed by atoms with Crippen molar-refractivity contribution < 1.29 is 9.53 Å². The highest BCUT2D eigenvalue weighted by molar-refractivity contribution is 5.78. The summed E-state index contributed by atoms with van der Waals surface area (Å²) in [4.78, 5) is 28.8. The van der Waals surface area contributed by atoms with Crippen LogP contribution in [-0.4, -0.2) is 21.6 Å². The lowest BCUT2D eigenvalue weighted by atomic mass is 9.97. The predicted molar refractivity (Wildman–Crippen MR) is 147 cm³/mol. The van der Waals surface area contributed by atoms with Crippen molar-refractivity contribution in [3.63, 3.8) is 0 Å². The summed E-state index contributed by atoms with van der Waals surface area (Å²) in [7, 11) is 0. The van der Waals surface area contributed by atoms with Crippen LogP contribution >= 0.6 is 0 Å². The first-order valence-electron chi connectivity index (χ1n) is 12.6. The van der Waals surface area contributed by atoms with Crippen LogP contribution in [0.5, 0.6) is 5.75 Å². The van der Waals surface area contributed by atoms with E-state index >= 15 is 0 Å². The van der Waals surface area contributed by atoms with E-state index in [0.29, 0.717) is 35.5 Å². The van der Waals surface area contributed by atoms with Gasteiger partial charge in [0.2, 0.25) is 0 Å². The minimum atomic E-state index is -0.737. The van der Waals surface area contributed by atoms with E-state index in [1.54, 1.807) is 25.1 Å². The molecule has 0 saturated heterocycles. The molecule has 1 unspecified atom stereocenters. The first-order valence-corrected chi connectivity index (χ1v) is 12.6. The van der Waals surface area contributed by atoms with Gasteiger partial charge in [0.25, 0.3) is 11.5 Å². The molecule has 1 heterocycles. The van der Waals surface area contributed by atoms with Crippen molar-refractivity contribution in [1.82, 2.24) is 9.55 Å². The molecule has 7 heteroatoms. The number of primary amides is 1. The molecule has 0 spiro atoms. The first-order chi connectivity index (χ1) is 18.3. The Labute approximate surface area is 222 Å². The number of carbonyl (C=O) groups is 1. The van der Waals surface area contributed by atoms with Crippen LogP contribution in [0.15, 0.2) is 77.6 Å². The number of hydrogen-bond acceptors (Lipinski definition) is 5. The molecule has 0 aliphatic rings. The van der Waals surface area contributed by atoms with Crippen LogP contribution in [0.1, 0.15) is 48.5 Å². The van der Waals surface area contributed by atoms with E-state index in [9.17, 15) is 14.9 Å². The molecule has 192 valence electrons. The van der Waals surface area contributed by atoms with Gasteiger partial charge in [-0.2, -0.15) is 10.2 Å². The van der Waals surface area contributed by atoms with Gasteiger partial charge in [0.1, 0.15) is 11.6 Å². The fourth-order valence-corrected chi connectivity index (χ4v) is 4.51. The number of ether oxygens (including phenoxy) is 1. The van der Waals surface area contributed by atoms with Crippen molar-refractivity contribution in [2.75, 3.05) is 0 Å². The third-order valence-electron chi connectivity index (χ3n) is 6.45. The quantitative estimate of drug-likeness (QED) is 0.348. The van der Waals surface area contributed by atoms with Crippen LogP contribution in [0, 0.1) is 18.3 Å². The van der Waals surface area contributed by atoms with Gasteiger partial charge in [-0.1, -0.05) is 55.8 Å². The zero-order valence-electron chi connectivity index (χ0n) is 21.8. The standard InChI is InChI=1S/C31H30N4O3/c1-4-7-29-28(18-22-10-12-23(13-11-22)27-9-6-5-8-24(27)19-32)31(37)34-21(3)35(29)25-14-16-26(17-15-25)38-20(2)30(33)36/h5-6,8-17,20H,4,7,18H2,1-3H3,(H2,33,36). The van der Waals surface area contributed by atoms with E-state index in [1.165, 1.54) is 0 Å². The van der Waals surface area contributed by atoms with Crippen molar-refractivity contribution in [2.24, 2.45) is 5.73 Å². The molecule has 2 N–H and O–H groups in total. The van der Waals surface area contributed by atoms with Gasteiger partial charge < -0.3 is 15.0 Å². The van der Waals surface area contributed by atoms with E-state index in [2.05, 4.69) is 18.0 Å². The molecule has 0 bridgehead atoms. The Kier molecular flexibility index (Phi) is 8.03. The van der Waals surface area contributed by atoms with Crippen LogP contribution in [0.4, 0.5) is 0 Å². The topological polar surface area (TPSA) is 111 Å². The number of benzene rings is 3. The van der Waals surface area contributed by atoms with E-state index in [1.807, 2.05) is 66.1 Å². The van der Waals surface area contributed by atoms with Crippen LogP contribution in [0.3, 0.4) is 0 Å². The summed E-state index contributed by atoms with van der Waals surface area (Å²) < 4.78 is 7.60. The minimum Gasteiger partial charge on any atom is -0.481 e. The molecule has 0 aliphatic carbocycles. The Bertz CT molecular complexity index is 1550. The zero-order chi connectivity index (χ0) is 27.2. The highest BCUT2D eigenvalue weighted by atomic mass is 16.5. The molecule has 0 radical (unpaired) electrons. The van der Waals surface area contributed by atoms with Gasteiger partial charge in [-0.25, -0.2) is 0 Å². The lowest BCUT2D eigenvalue weighted by Crippen LogP contribution is -2.30. The Morgan fingerprint density at radius 2 is 1.76 bits per heavy atom. The normalized spacial score (nSPS) is 11.5. The number of carbonyl (C=O) groups excluding carboxylic acids is 1. The molecule has 0 aliphatic heterocycles. The molecule has 4 aromatic rings. The largest absolute Gasteiger partial charge is 0.481 e. The van der Waals surface area contributed by atoms with Gasteiger partial charge >= 0.3 is 0 Å². The van der Waals surface area contributed by atoms with Crippen LogP contribution < -0.4 is 16.0 Å². The molecule has 1 aromatic heterocycles. The number of rotatable bonds is 9. The summed E-state index contributed by atoms with van der Waals surface area (Å²) in [6.45, 7) is 5.51. The number of aryl methyl sites for hydroxylation is 1. The molecular formula is C31H30N4O3. The summed E-state index contributed by atoms with van der Waals surface area (Å²) in [5.74, 6) is 0.596. The fraction of sp³-hybridized carbons (Fsp3) is 0.226. The van der Waals surface area contributed by atoms with Gasteiger partial charge in [0.05, 0.1) is 11.6 Å². The predicted octanol–water partition coefficient (Wildman–Crippen LogP) is 4.88. The maximum absolute atomic E-state index is 13.1. The maximum atomic E-state index is 13.1.